The number of benzene rings is 2. The normalized spacial score (nSPS) is 11.8. The van der Waals surface area contributed by atoms with Gasteiger partial charge >= 0.3 is 0 Å². The third-order valence-electron chi connectivity index (χ3n) is 4.51. The van der Waals surface area contributed by atoms with Crippen LogP contribution in [0, 0.1) is 13.8 Å². The zero-order chi connectivity index (χ0) is 20.8. The minimum atomic E-state index is -0.620. The van der Waals surface area contributed by atoms with Crippen LogP contribution in [-0.4, -0.2) is 29.3 Å². The largest absolute Gasteiger partial charge is 0.355 e. The van der Waals surface area contributed by atoms with Crippen molar-refractivity contribution in [2.24, 2.45) is 0 Å². The monoisotopic (exact) mass is 420 g/mol. The van der Waals surface area contributed by atoms with E-state index in [1.807, 2.05) is 32.9 Å². The molecule has 1 atom stereocenters. The molecule has 0 aromatic heterocycles. The van der Waals surface area contributed by atoms with Crippen LogP contribution in [0.15, 0.2) is 36.4 Å². The fourth-order valence-corrected chi connectivity index (χ4v) is 3.65. The lowest BCUT2D eigenvalue weighted by Gasteiger charge is -2.29. The first-order chi connectivity index (χ1) is 13.2. The summed E-state index contributed by atoms with van der Waals surface area (Å²) < 4.78 is 0. The minimum Gasteiger partial charge on any atom is -0.355 e. The summed E-state index contributed by atoms with van der Waals surface area (Å²) in [6.07, 6.45) is 0.220. The number of aryl methyl sites for hydroxylation is 2. The minimum absolute atomic E-state index is 0.130. The van der Waals surface area contributed by atoms with Crippen LogP contribution in [0.3, 0.4) is 0 Å². The lowest BCUT2D eigenvalue weighted by Crippen LogP contribution is -2.48. The first kappa shape index (κ1) is 22.3. The summed E-state index contributed by atoms with van der Waals surface area (Å²) in [4.78, 5) is 27.1. The second kappa shape index (κ2) is 9.94. The summed E-state index contributed by atoms with van der Waals surface area (Å²) in [5.74, 6) is -0.323. The summed E-state index contributed by atoms with van der Waals surface area (Å²) in [5.41, 5.74) is 3.88. The van der Waals surface area contributed by atoms with Gasteiger partial charge in [0.2, 0.25) is 11.8 Å². The maximum Gasteiger partial charge on any atom is 0.242 e. The molecular weight excluding hydrogens is 395 g/mol. The van der Waals surface area contributed by atoms with Crippen molar-refractivity contribution in [3.05, 3.63) is 68.7 Å². The van der Waals surface area contributed by atoms with Crippen molar-refractivity contribution in [1.82, 2.24) is 10.2 Å². The number of hydrogen-bond donors (Lipinski definition) is 1. The van der Waals surface area contributed by atoms with E-state index in [4.69, 9.17) is 23.2 Å². The van der Waals surface area contributed by atoms with Crippen LogP contribution in [-0.2, 0) is 22.6 Å². The van der Waals surface area contributed by atoms with Crippen molar-refractivity contribution in [2.45, 2.75) is 46.7 Å². The van der Waals surface area contributed by atoms with Crippen LogP contribution in [0.2, 0.25) is 10.0 Å². The van der Waals surface area contributed by atoms with Crippen LogP contribution < -0.4 is 5.32 Å². The maximum atomic E-state index is 13.1. The van der Waals surface area contributed by atoms with Gasteiger partial charge in [0, 0.05) is 23.1 Å². The van der Waals surface area contributed by atoms with E-state index in [1.165, 1.54) is 0 Å². The number of amides is 2. The molecule has 0 saturated heterocycles. The number of likely N-dealkylation sites (N-methyl/N-ethyl adjacent to an activating group) is 1. The molecule has 0 radical (unpaired) electrons. The lowest BCUT2D eigenvalue weighted by atomic mass is 10.0. The highest BCUT2D eigenvalue weighted by atomic mass is 35.5. The molecule has 0 aliphatic carbocycles. The molecule has 4 nitrogen and oxygen atoms in total. The Morgan fingerprint density at radius 3 is 2.29 bits per heavy atom. The van der Waals surface area contributed by atoms with Crippen LogP contribution in [0.25, 0.3) is 0 Å². The van der Waals surface area contributed by atoms with Crippen LogP contribution in [0.1, 0.15) is 36.1 Å². The first-order valence-corrected chi connectivity index (χ1v) is 10.0. The van der Waals surface area contributed by atoms with E-state index in [0.717, 1.165) is 22.3 Å². The summed E-state index contributed by atoms with van der Waals surface area (Å²) in [5, 5.41) is 3.78. The molecule has 150 valence electrons. The Kier molecular flexibility index (Phi) is 7.90. The third kappa shape index (κ3) is 5.98. The van der Waals surface area contributed by atoms with Crippen molar-refractivity contribution < 1.29 is 9.59 Å². The lowest BCUT2D eigenvalue weighted by molar-refractivity contribution is -0.140. The topological polar surface area (TPSA) is 49.4 Å². The molecule has 1 N–H and O–H groups in total. The fraction of sp³-hybridized carbons (Fsp3) is 0.364. The van der Waals surface area contributed by atoms with Gasteiger partial charge in [0.05, 0.1) is 6.42 Å². The Hall–Kier alpha value is -2.04. The number of carbonyl (C=O) groups excluding carboxylic acids is 2. The number of hydrogen-bond acceptors (Lipinski definition) is 2. The summed E-state index contributed by atoms with van der Waals surface area (Å²) >= 11 is 12.3. The predicted molar refractivity (Wildman–Crippen MR) is 115 cm³/mol. The fourth-order valence-electron chi connectivity index (χ4n) is 3.19. The molecule has 28 heavy (non-hydrogen) atoms. The van der Waals surface area contributed by atoms with E-state index in [1.54, 1.807) is 30.0 Å². The predicted octanol–water partition coefficient (Wildman–Crippen LogP) is 4.71. The van der Waals surface area contributed by atoms with Gasteiger partial charge in [-0.1, -0.05) is 58.6 Å². The van der Waals surface area contributed by atoms with Gasteiger partial charge in [-0.05, 0) is 51.0 Å². The molecule has 0 aliphatic rings. The van der Waals surface area contributed by atoms with Gasteiger partial charge in [-0.3, -0.25) is 9.59 Å². The second-order valence-corrected chi connectivity index (χ2v) is 7.84. The molecule has 0 heterocycles. The molecule has 0 saturated carbocycles. The van der Waals surface area contributed by atoms with Crippen molar-refractivity contribution in [3.63, 3.8) is 0 Å². The van der Waals surface area contributed by atoms with Crippen molar-refractivity contribution in [2.75, 3.05) is 6.54 Å². The summed E-state index contributed by atoms with van der Waals surface area (Å²) in [6.45, 7) is 8.32. The average Bonchev–Trinajstić information content (AvgIpc) is 2.59. The van der Waals surface area contributed by atoms with Gasteiger partial charge in [-0.2, -0.15) is 0 Å². The zero-order valence-electron chi connectivity index (χ0n) is 16.7. The summed E-state index contributed by atoms with van der Waals surface area (Å²) in [7, 11) is 0. The Labute approximate surface area is 176 Å². The zero-order valence-corrected chi connectivity index (χ0v) is 18.2. The molecule has 0 unspecified atom stereocenters. The second-order valence-electron chi connectivity index (χ2n) is 7.00. The number of nitrogens with one attached hydrogen (secondary N) is 1. The quantitative estimate of drug-likeness (QED) is 0.704. The number of nitrogens with zero attached hydrogens (tertiary/aromatic N) is 1. The SMILES string of the molecule is CCNC(=O)[C@H](C)N(Cc1ccc(Cl)cc1Cl)C(=O)Cc1cc(C)cc(C)c1. The molecule has 0 bridgehead atoms. The molecule has 2 aromatic carbocycles. The van der Waals surface area contributed by atoms with E-state index in [-0.39, 0.29) is 24.8 Å². The average molecular weight is 421 g/mol. The van der Waals surface area contributed by atoms with Crippen LogP contribution in [0.5, 0.6) is 0 Å². The molecular formula is C22H26Cl2N2O2. The van der Waals surface area contributed by atoms with E-state index in [0.29, 0.717) is 16.6 Å². The van der Waals surface area contributed by atoms with Crippen molar-refractivity contribution in [1.29, 1.82) is 0 Å². The molecule has 2 rings (SSSR count). The number of carbonyl (C=O) groups is 2. The standard InChI is InChI=1S/C22H26Cl2N2O2/c1-5-25-22(28)16(4)26(13-18-6-7-19(23)12-20(18)24)21(27)11-17-9-14(2)8-15(3)10-17/h6-10,12,16H,5,11,13H2,1-4H3,(H,25,28)/t16-/m0/s1. The van der Waals surface area contributed by atoms with Gasteiger partial charge in [-0.15, -0.1) is 0 Å². The van der Waals surface area contributed by atoms with Crippen LogP contribution >= 0.6 is 23.2 Å². The smallest absolute Gasteiger partial charge is 0.242 e. The van der Waals surface area contributed by atoms with Crippen molar-refractivity contribution >= 4 is 35.0 Å². The highest BCUT2D eigenvalue weighted by Gasteiger charge is 2.26. The Bertz CT molecular complexity index is 847. The van der Waals surface area contributed by atoms with Gasteiger partial charge in [0.1, 0.15) is 6.04 Å². The molecule has 0 aliphatic heterocycles. The van der Waals surface area contributed by atoms with Gasteiger partial charge in [-0.25, -0.2) is 0 Å². The number of halogens is 2. The molecule has 2 aromatic rings. The maximum absolute atomic E-state index is 13.1. The van der Waals surface area contributed by atoms with E-state index < -0.39 is 6.04 Å². The Morgan fingerprint density at radius 2 is 1.71 bits per heavy atom. The molecule has 0 spiro atoms. The van der Waals surface area contributed by atoms with E-state index in [9.17, 15) is 9.59 Å². The van der Waals surface area contributed by atoms with E-state index >= 15 is 0 Å². The Morgan fingerprint density at radius 1 is 1.07 bits per heavy atom. The first-order valence-electron chi connectivity index (χ1n) is 9.29. The number of rotatable bonds is 7. The van der Waals surface area contributed by atoms with E-state index in [2.05, 4.69) is 11.4 Å². The van der Waals surface area contributed by atoms with Gasteiger partial charge in [0.25, 0.3) is 0 Å². The molecule has 0 fully saturated rings. The molecule has 2 amide bonds. The summed E-state index contributed by atoms with van der Waals surface area (Å²) in [6, 6.07) is 10.6. The van der Waals surface area contributed by atoms with Crippen LogP contribution in [0.4, 0.5) is 0 Å². The molecule has 6 heteroatoms. The highest BCUT2D eigenvalue weighted by molar-refractivity contribution is 6.35. The third-order valence-corrected chi connectivity index (χ3v) is 5.10. The van der Waals surface area contributed by atoms with Gasteiger partial charge in [0.15, 0.2) is 0 Å². The Balaban J connectivity index is 2.30. The van der Waals surface area contributed by atoms with Gasteiger partial charge < -0.3 is 10.2 Å². The highest BCUT2D eigenvalue weighted by Crippen LogP contribution is 2.23. The van der Waals surface area contributed by atoms with Crippen molar-refractivity contribution in [3.8, 4) is 0 Å².